The Kier molecular flexibility index (Phi) is 5.44. The minimum atomic E-state index is -1.28. The van der Waals surface area contributed by atoms with Crippen LogP contribution in [0, 0.1) is 0 Å². The maximum atomic E-state index is 12.1. The number of cyclic esters (lactones) is 2. The van der Waals surface area contributed by atoms with E-state index in [9.17, 15) is 9.59 Å². The second kappa shape index (κ2) is 7.62. The average Bonchev–Trinajstić information content (AvgIpc) is 2.57. The summed E-state index contributed by atoms with van der Waals surface area (Å²) in [5.41, 5.74) is 1.09. The molecule has 0 N–H and O–H groups in total. The number of carbonyl (C=O) groups excluding carboxylic acids is 2. The Balaban J connectivity index is 1.84. The Bertz CT molecular complexity index is 912. The van der Waals surface area contributed by atoms with E-state index in [1.807, 2.05) is 0 Å². The molecule has 0 aliphatic carbocycles. The highest BCUT2D eigenvalue weighted by molar-refractivity contribution is 6.35. The van der Waals surface area contributed by atoms with Gasteiger partial charge in [-0.25, -0.2) is 9.59 Å². The highest BCUT2D eigenvalue weighted by Gasteiger charge is 2.38. The summed E-state index contributed by atoms with van der Waals surface area (Å²) in [6, 6.07) is 12.1. The lowest BCUT2D eigenvalue weighted by atomic mass is 10.1. The van der Waals surface area contributed by atoms with Crippen LogP contribution in [-0.4, -0.2) is 17.7 Å². The Morgan fingerprint density at radius 2 is 1.70 bits per heavy atom. The molecule has 0 bridgehead atoms. The van der Waals surface area contributed by atoms with Gasteiger partial charge in [-0.1, -0.05) is 47.5 Å². The monoisotopic (exact) mass is 406 g/mol. The lowest BCUT2D eigenvalue weighted by molar-refractivity contribution is -0.222. The molecule has 2 aromatic rings. The molecule has 1 aliphatic rings. The van der Waals surface area contributed by atoms with Crippen LogP contribution in [0.15, 0.2) is 48.0 Å². The second-order valence-electron chi connectivity index (χ2n) is 6.30. The molecule has 0 saturated carbocycles. The third-order valence-electron chi connectivity index (χ3n) is 3.73. The molecule has 7 heteroatoms. The van der Waals surface area contributed by atoms with Crippen molar-refractivity contribution in [3.05, 3.63) is 69.2 Å². The number of esters is 2. The molecule has 1 fully saturated rings. The molecule has 1 aliphatic heterocycles. The molecule has 1 heterocycles. The number of hydrogen-bond acceptors (Lipinski definition) is 5. The largest absolute Gasteiger partial charge is 0.488 e. The maximum absolute atomic E-state index is 12.1. The Labute approximate surface area is 166 Å². The van der Waals surface area contributed by atoms with Crippen LogP contribution < -0.4 is 4.74 Å². The summed E-state index contributed by atoms with van der Waals surface area (Å²) in [4.78, 5) is 24.3. The molecule has 140 valence electrons. The van der Waals surface area contributed by atoms with Crippen LogP contribution in [0.4, 0.5) is 0 Å². The van der Waals surface area contributed by atoms with Crippen molar-refractivity contribution in [3.8, 4) is 5.75 Å². The molecule has 0 radical (unpaired) electrons. The van der Waals surface area contributed by atoms with Crippen molar-refractivity contribution in [2.75, 3.05) is 0 Å². The van der Waals surface area contributed by atoms with E-state index in [1.54, 1.807) is 42.5 Å². The van der Waals surface area contributed by atoms with Crippen molar-refractivity contribution in [1.29, 1.82) is 0 Å². The average molecular weight is 407 g/mol. The van der Waals surface area contributed by atoms with Crippen molar-refractivity contribution in [1.82, 2.24) is 0 Å². The van der Waals surface area contributed by atoms with E-state index >= 15 is 0 Å². The van der Waals surface area contributed by atoms with Crippen LogP contribution in [0.3, 0.4) is 0 Å². The highest BCUT2D eigenvalue weighted by Crippen LogP contribution is 2.28. The van der Waals surface area contributed by atoms with Gasteiger partial charge in [-0.2, -0.15) is 0 Å². The third kappa shape index (κ3) is 4.62. The first kappa shape index (κ1) is 19.3. The Morgan fingerprint density at radius 3 is 2.37 bits per heavy atom. The number of benzene rings is 2. The van der Waals surface area contributed by atoms with E-state index in [0.717, 1.165) is 5.56 Å². The fraction of sp³-hybridized carbons (Fsp3) is 0.200. The van der Waals surface area contributed by atoms with Crippen molar-refractivity contribution in [2.45, 2.75) is 26.2 Å². The number of para-hydroxylation sites is 1. The summed E-state index contributed by atoms with van der Waals surface area (Å²) in [5.74, 6) is -2.30. The van der Waals surface area contributed by atoms with Gasteiger partial charge in [0.05, 0.1) is 0 Å². The van der Waals surface area contributed by atoms with Crippen LogP contribution in [0.1, 0.15) is 25.0 Å². The number of hydrogen-bond donors (Lipinski definition) is 0. The molecule has 0 unspecified atom stereocenters. The molecule has 3 rings (SSSR count). The third-order valence-corrected chi connectivity index (χ3v) is 4.32. The van der Waals surface area contributed by atoms with Gasteiger partial charge in [-0.3, -0.25) is 0 Å². The summed E-state index contributed by atoms with van der Waals surface area (Å²) < 4.78 is 16.0. The molecule has 0 amide bonds. The molecule has 0 spiro atoms. The van der Waals surface area contributed by atoms with E-state index in [2.05, 4.69) is 0 Å². The van der Waals surface area contributed by atoms with Crippen molar-refractivity contribution in [3.63, 3.8) is 0 Å². The van der Waals surface area contributed by atoms with Gasteiger partial charge in [0.1, 0.15) is 17.9 Å². The van der Waals surface area contributed by atoms with Gasteiger partial charge < -0.3 is 14.2 Å². The zero-order valence-corrected chi connectivity index (χ0v) is 16.1. The van der Waals surface area contributed by atoms with Crippen LogP contribution in [-0.2, 0) is 25.7 Å². The summed E-state index contributed by atoms with van der Waals surface area (Å²) >= 11 is 12.1. The lowest BCUT2D eigenvalue weighted by Crippen LogP contribution is -2.41. The maximum Gasteiger partial charge on any atom is 0.348 e. The zero-order valence-electron chi connectivity index (χ0n) is 14.6. The topological polar surface area (TPSA) is 61.8 Å². The molecule has 0 aromatic heterocycles. The van der Waals surface area contributed by atoms with Gasteiger partial charge in [-0.05, 0) is 24.3 Å². The van der Waals surface area contributed by atoms with Crippen LogP contribution in [0.2, 0.25) is 10.0 Å². The van der Waals surface area contributed by atoms with Gasteiger partial charge in [0, 0.05) is 35.0 Å². The van der Waals surface area contributed by atoms with Crippen molar-refractivity contribution < 1.29 is 23.8 Å². The minimum absolute atomic E-state index is 0.193. The van der Waals surface area contributed by atoms with Gasteiger partial charge >= 0.3 is 11.9 Å². The summed E-state index contributed by atoms with van der Waals surface area (Å²) in [5, 5.41) is 1.02. The van der Waals surface area contributed by atoms with Gasteiger partial charge in [0.25, 0.3) is 5.79 Å². The summed E-state index contributed by atoms with van der Waals surface area (Å²) in [7, 11) is 0. The van der Waals surface area contributed by atoms with E-state index in [0.29, 0.717) is 21.4 Å². The Hall–Kier alpha value is -2.50. The standard InChI is InChI=1S/C20H16Cl2O5/c1-20(2)26-18(23)15(19(24)27-20)9-12-5-3-4-6-17(12)25-11-13-7-8-14(21)10-16(13)22/h3-10H,11H2,1-2H3. The summed E-state index contributed by atoms with van der Waals surface area (Å²) in [6.07, 6.45) is 1.39. The molecule has 1 saturated heterocycles. The van der Waals surface area contributed by atoms with E-state index in [-0.39, 0.29) is 12.2 Å². The van der Waals surface area contributed by atoms with Crippen molar-refractivity contribution >= 4 is 41.2 Å². The molecule has 27 heavy (non-hydrogen) atoms. The first-order chi connectivity index (χ1) is 12.7. The first-order valence-electron chi connectivity index (χ1n) is 8.09. The normalized spacial score (nSPS) is 15.8. The predicted molar refractivity (Wildman–Crippen MR) is 101 cm³/mol. The quantitative estimate of drug-likeness (QED) is 0.414. The van der Waals surface area contributed by atoms with Gasteiger partial charge in [0.2, 0.25) is 0 Å². The van der Waals surface area contributed by atoms with Crippen LogP contribution >= 0.6 is 23.2 Å². The predicted octanol–water partition coefficient (Wildman–Crippen LogP) is 4.79. The number of carbonyl (C=O) groups is 2. The van der Waals surface area contributed by atoms with Gasteiger partial charge in [0.15, 0.2) is 0 Å². The van der Waals surface area contributed by atoms with E-state index in [4.69, 9.17) is 37.4 Å². The van der Waals surface area contributed by atoms with Crippen LogP contribution in [0.5, 0.6) is 5.75 Å². The fourth-order valence-electron chi connectivity index (χ4n) is 2.46. The molecule has 0 atom stereocenters. The summed E-state index contributed by atoms with van der Waals surface area (Å²) in [6.45, 7) is 3.18. The van der Waals surface area contributed by atoms with Crippen molar-refractivity contribution in [2.24, 2.45) is 0 Å². The first-order valence-corrected chi connectivity index (χ1v) is 8.85. The Morgan fingerprint density at radius 1 is 1.04 bits per heavy atom. The SMILES string of the molecule is CC1(C)OC(=O)C(=Cc2ccccc2OCc2ccc(Cl)cc2Cl)C(=O)O1. The molecular weight excluding hydrogens is 391 g/mol. The molecule has 2 aromatic carbocycles. The molecule has 5 nitrogen and oxygen atoms in total. The van der Waals surface area contributed by atoms with E-state index in [1.165, 1.54) is 19.9 Å². The zero-order chi connectivity index (χ0) is 19.6. The number of halogens is 2. The number of ether oxygens (including phenoxy) is 3. The lowest BCUT2D eigenvalue weighted by Gasteiger charge is -2.29. The van der Waals surface area contributed by atoms with Crippen LogP contribution in [0.25, 0.3) is 6.08 Å². The van der Waals surface area contributed by atoms with Gasteiger partial charge in [-0.15, -0.1) is 0 Å². The number of rotatable bonds is 4. The van der Waals surface area contributed by atoms with E-state index < -0.39 is 17.7 Å². The second-order valence-corrected chi connectivity index (χ2v) is 7.14. The fourth-order valence-corrected chi connectivity index (χ4v) is 2.92. The molecular formula is C20H16Cl2O5. The highest BCUT2D eigenvalue weighted by atomic mass is 35.5. The smallest absolute Gasteiger partial charge is 0.348 e. The minimum Gasteiger partial charge on any atom is -0.488 e.